The van der Waals surface area contributed by atoms with E-state index in [4.69, 9.17) is 9.47 Å². The number of hydrogen-bond acceptors (Lipinski definition) is 6. The van der Waals surface area contributed by atoms with Gasteiger partial charge in [-0.2, -0.15) is 5.10 Å². The summed E-state index contributed by atoms with van der Waals surface area (Å²) in [6, 6.07) is 0.343. The van der Waals surface area contributed by atoms with Crippen LogP contribution in [0, 0.1) is 0 Å². The van der Waals surface area contributed by atoms with E-state index in [1.807, 2.05) is 37.8 Å². The van der Waals surface area contributed by atoms with E-state index in [1.165, 1.54) is 7.11 Å². The third-order valence-electron chi connectivity index (χ3n) is 4.98. The molecule has 0 radical (unpaired) electrons. The number of aromatic nitrogens is 4. The van der Waals surface area contributed by atoms with Gasteiger partial charge in [-0.05, 0) is 40.0 Å². The van der Waals surface area contributed by atoms with Crippen LogP contribution in [0.3, 0.4) is 0 Å². The van der Waals surface area contributed by atoms with Crippen molar-refractivity contribution in [3.63, 3.8) is 0 Å². The van der Waals surface area contributed by atoms with Crippen LogP contribution in [0.15, 0.2) is 24.8 Å². The lowest BCUT2D eigenvalue weighted by Crippen LogP contribution is -2.79. The first-order valence-electron chi connectivity index (χ1n) is 8.65. The van der Waals surface area contributed by atoms with Gasteiger partial charge in [0, 0.05) is 29.7 Å². The van der Waals surface area contributed by atoms with Crippen molar-refractivity contribution < 1.29 is 14.3 Å². The molecule has 2 aromatic rings. The van der Waals surface area contributed by atoms with E-state index in [0.717, 1.165) is 30.4 Å². The first-order chi connectivity index (χ1) is 12.2. The van der Waals surface area contributed by atoms with E-state index in [0.29, 0.717) is 6.01 Å². The van der Waals surface area contributed by atoms with Gasteiger partial charge in [0.1, 0.15) is 5.60 Å². The van der Waals surface area contributed by atoms with Crippen molar-refractivity contribution >= 4 is 6.09 Å². The Hall–Kier alpha value is -2.64. The Morgan fingerprint density at radius 2 is 1.81 bits per heavy atom. The second-order valence-corrected chi connectivity index (χ2v) is 8.29. The Morgan fingerprint density at radius 1 is 1.15 bits per heavy atom. The van der Waals surface area contributed by atoms with Crippen molar-refractivity contribution in [2.75, 3.05) is 7.11 Å². The summed E-state index contributed by atoms with van der Waals surface area (Å²) in [7, 11) is 1.54. The van der Waals surface area contributed by atoms with Gasteiger partial charge < -0.3 is 14.8 Å². The molecule has 2 aromatic heterocycles. The van der Waals surface area contributed by atoms with Gasteiger partial charge in [0.2, 0.25) is 0 Å². The predicted molar refractivity (Wildman–Crippen MR) is 93.7 cm³/mol. The van der Waals surface area contributed by atoms with Crippen molar-refractivity contribution in [3.05, 3.63) is 24.8 Å². The van der Waals surface area contributed by atoms with Crippen LogP contribution in [0.4, 0.5) is 4.79 Å². The third kappa shape index (κ3) is 2.79. The second kappa shape index (κ2) is 5.43. The Balaban J connectivity index is 1.39. The number of hydrogen-bond donors (Lipinski definition) is 1. The van der Waals surface area contributed by atoms with Gasteiger partial charge in [0.25, 0.3) is 0 Å². The molecule has 26 heavy (non-hydrogen) atoms. The van der Waals surface area contributed by atoms with Gasteiger partial charge in [-0.3, -0.25) is 4.68 Å². The number of amides is 1. The Labute approximate surface area is 151 Å². The summed E-state index contributed by atoms with van der Waals surface area (Å²) >= 11 is 0. The molecule has 2 heterocycles. The molecular weight excluding hydrogens is 334 g/mol. The van der Waals surface area contributed by atoms with Crippen molar-refractivity contribution in [1.82, 2.24) is 25.1 Å². The van der Waals surface area contributed by atoms with Crippen LogP contribution in [-0.2, 0) is 10.3 Å². The smallest absolute Gasteiger partial charge is 0.408 e. The molecule has 1 amide bonds. The average molecular weight is 357 g/mol. The number of nitrogens with zero attached hydrogens (tertiary/aromatic N) is 4. The molecule has 8 nitrogen and oxygen atoms in total. The highest BCUT2D eigenvalue weighted by molar-refractivity contribution is 5.70. The van der Waals surface area contributed by atoms with Gasteiger partial charge in [-0.25, -0.2) is 14.8 Å². The molecule has 0 spiro atoms. The molecule has 0 aliphatic heterocycles. The minimum atomic E-state index is -0.484. The molecule has 3 aliphatic rings. The van der Waals surface area contributed by atoms with Crippen molar-refractivity contribution in [2.45, 2.75) is 56.7 Å². The summed E-state index contributed by atoms with van der Waals surface area (Å²) in [5, 5.41) is 7.55. The lowest BCUT2D eigenvalue weighted by Gasteiger charge is -2.69. The first kappa shape index (κ1) is 16.8. The Kier molecular flexibility index (Phi) is 3.51. The topological polar surface area (TPSA) is 91.2 Å². The summed E-state index contributed by atoms with van der Waals surface area (Å²) < 4.78 is 12.3. The van der Waals surface area contributed by atoms with Gasteiger partial charge in [0.05, 0.1) is 24.4 Å². The zero-order chi connectivity index (χ0) is 18.6. The summed E-state index contributed by atoms with van der Waals surface area (Å²) in [6.45, 7) is 5.60. The maximum absolute atomic E-state index is 12.0. The number of alkyl carbamates (subject to hydrolysis) is 1. The van der Waals surface area contributed by atoms with E-state index in [9.17, 15) is 4.79 Å². The van der Waals surface area contributed by atoms with Gasteiger partial charge in [-0.15, -0.1) is 0 Å². The lowest BCUT2D eigenvalue weighted by atomic mass is 9.44. The average Bonchev–Trinajstić information content (AvgIpc) is 2.97. The van der Waals surface area contributed by atoms with Crippen LogP contribution in [-0.4, -0.2) is 44.1 Å². The number of nitrogens with one attached hydrogen (secondary N) is 1. The molecule has 3 fully saturated rings. The third-order valence-corrected chi connectivity index (χ3v) is 4.98. The molecule has 3 aliphatic carbocycles. The highest BCUT2D eigenvalue weighted by Crippen LogP contribution is 2.65. The number of ether oxygens (including phenoxy) is 2. The normalized spacial score (nSPS) is 26.5. The largest absolute Gasteiger partial charge is 0.467 e. The molecule has 3 saturated carbocycles. The van der Waals surface area contributed by atoms with E-state index in [1.54, 1.807) is 12.4 Å². The lowest BCUT2D eigenvalue weighted by molar-refractivity contribution is -0.143. The molecule has 2 bridgehead atoms. The van der Waals surface area contributed by atoms with Gasteiger partial charge in [-0.1, -0.05) is 0 Å². The maximum atomic E-state index is 12.0. The molecule has 5 rings (SSSR count). The number of rotatable bonds is 4. The fourth-order valence-corrected chi connectivity index (χ4v) is 3.93. The fourth-order valence-electron chi connectivity index (χ4n) is 3.93. The Bertz CT molecular complexity index is 817. The molecule has 1 N–H and O–H groups in total. The predicted octanol–water partition coefficient (Wildman–Crippen LogP) is 2.51. The van der Waals surface area contributed by atoms with Crippen LogP contribution in [0.1, 0.15) is 40.0 Å². The molecule has 0 atom stereocenters. The van der Waals surface area contributed by atoms with E-state index < -0.39 is 5.60 Å². The van der Waals surface area contributed by atoms with Crippen molar-refractivity contribution in [1.29, 1.82) is 0 Å². The van der Waals surface area contributed by atoms with Gasteiger partial charge in [0.15, 0.2) is 0 Å². The number of carbonyl (C=O) groups is 1. The SMILES string of the molecule is COc1ncc(-c2cnn(C34CC(NC(=O)OC(C)(C)C)(C3)C4)c2)cn1. The minimum absolute atomic E-state index is 0.000585. The van der Waals surface area contributed by atoms with E-state index in [2.05, 4.69) is 20.4 Å². The highest BCUT2D eigenvalue weighted by Gasteiger charge is 2.70. The second-order valence-electron chi connectivity index (χ2n) is 8.29. The van der Waals surface area contributed by atoms with E-state index >= 15 is 0 Å². The first-order valence-corrected chi connectivity index (χ1v) is 8.65. The molecule has 0 aromatic carbocycles. The Morgan fingerprint density at radius 3 is 2.38 bits per heavy atom. The number of methoxy groups -OCH3 is 1. The molecule has 0 unspecified atom stereocenters. The summed E-state index contributed by atoms with van der Waals surface area (Å²) in [5.41, 5.74) is 1.23. The van der Waals surface area contributed by atoms with Crippen LogP contribution in [0.5, 0.6) is 6.01 Å². The van der Waals surface area contributed by atoms with Gasteiger partial charge >= 0.3 is 12.1 Å². The zero-order valence-corrected chi connectivity index (χ0v) is 15.4. The molecule has 0 saturated heterocycles. The standard InChI is InChI=1S/C18H23N5O3/c1-16(2,3)26-15(24)22-17-9-18(10-17,11-17)23-8-13(7-21-23)12-5-19-14(25-4)20-6-12/h5-8H,9-11H2,1-4H3,(H,22,24). The summed E-state index contributed by atoms with van der Waals surface area (Å²) in [6.07, 6.45) is 9.56. The fraction of sp³-hybridized carbons (Fsp3) is 0.556. The van der Waals surface area contributed by atoms with Crippen LogP contribution in [0.2, 0.25) is 0 Å². The summed E-state index contributed by atoms with van der Waals surface area (Å²) in [5.74, 6) is 0. The van der Waals surface area contributed by atoms with Crippen LogP contribution >= 0.6 is 0 Å². The minimum Gasteiger partial charge on any atom is -0.467 e. The zero-order valence-electron chi connectivity index (χ0n) is 15.4. The maximum Gasteiger partial charge on any atom is 0.408 e. The molecule has 8 heteroatoms. The molecule has 138 valence electrons. The van der Waals surface area contributed by atoms with Crippen LogP contribution in [0.25, 0.3) is 11.1 Å². The van der Waals surface area contributed by atoms with Crippen molar-refractivity contribution in [2.24, 2.45) is 0 Å². The van der Waals surface area contributed by atoms with E-state index in [-0.39, 0.29) is 17.2 Å². The monoisotopic (exact) mass is 357 g/mol. The quantitative estimate of drug-likeness (QED) is 0.904. The summed E-state index contributed by atoms with van der Waals surface area (Å²) in [4.78, 5) is 20.3. The van der Waals surface area contributed by atoms with Crippen molar-refractivity contribution in [3.8, 4) is 17.1 Å². The van der Waals surface area contributed by atoms with Crippen LogP contribution < -0.4 is 10.1 Å². The highest BCUT2D eigenvalue weighted by atomic mass is 16.6. The molecular formula is C18H23N5O3. The number of carbonyl (C=O) groups excluding carboxylic acids is 1.